The zero-order chi connectivity index (χ0) is 8.48. The van der Waals surface area contributed by atoms with Crippen LogP contribution in [-0.2, 0) is 12.8 Å². The molecule has 11 heavy (non-hydrogen) atoms. The molecule has 0 atom stereocenters. The van der Waals surface area contributed by atoms with E-state index in [0.717, 1.165) is 17.1 Å². The minimum absolute atomic E-state index is 0.0456. The summed E-state index contributed by atoms with van der Waals surface area (Å²) in [5.74, 6) is 0. The van der Waals surface area contributed by atoms with E-state index in [4.69, 9.17) is 5.73 Å². The van der Waals surface area contributed by atoms with Crippen molar-refractivity contribution in [1.29, 1.82) is 0 Å². The first kappa shape index (κ1) is 8.06. The Balaban J connectivity index is 2.89. The van der Waals surface area contributed by atoms with Crippen molar-refractivity contribution < 1.29 is 13.2 Å². The Morgan fingerprint density at radius 1 is 1.55 bits per heavy atom. The van der Waals surface area contributed by atoms with Gasteiger partial charge in [0.15, 0.2) is 0 Å². The summed E-state index contributed by atoms with van der Waals surface area (Å²) in [6.45, 7) is -0.0456. The fourth-order valence-corrected chi connectivity index (χ4v) is 0.610. The monoisotopic (exact) mass is 165 g/mol. The third-order valence-corrected chi connectivity index (χ3v) is 1.15. The molecule has 6 heteroatoms. The van der Waals surface area contributed by atoms with Gasteiger partial charge in [-0.3, -0.25) is 4.68 Å². The summed E-state index contributed by atoms with van der Waals surface area (Å²) in [7, 11) is 0. The van der Waals surface area contributed by atoms with Gasteiger partial charge in [0.1, 0.15) is 0 Å². The highest BCUT2D eigenvalue weighted by Crippen LogP contribution is 2.28. The summed E-state index contributed by atoms with van der Waals surface area (Å²) in [4.78, 5) is 0. The Morgan fingerprint density at radius 2 is 2.18 bits per heavy atom. The molecule has 0 spiro atoms. The smallest absolute Gasteiger partial charge is 0.312 e. The lowest BCUT2D eigenvalue weighted by Crippen LogP contribution is -2.07. The van der Waals surface area contributed by atoms with Crippen molar-refractivity contribution in [2.75, 3.05) is 0 Å². The number of hydrogen-bond donors (Lipinski definition) is 1. The first-order valence-electron chi connectivity index (χ1n) is 2.84. The summed E-state index contributed by atoms with van der Waals surface area (Å²) in [6.07, 6.45) is -2.72. The average molecular weight is 165 g/mol. The molecule has 1 aromatic rings. The minimum atomic E-state index is -4.33. The maximum atomic E-state index is 11.8. The van der Waals surface area contributed by atoms with Gasteiger partial charge in [0.05, 0.1) is 18.4 Å². The van der Waals surface area contributed by atoms with Gasteiger partial charge in [0, 0.05) is 6.20 Å². The molecule has 0 aliphatic carbocycles. The van der Waals surface area contributed by atoms with Crippen LogP contribution in [0.3, 0.4) is 0 Å². The Hall–Kier alpha value is -1.04. The van der Waals surface area contributed by atoms with Crippen LogP contribution in [-0.4, -0.2) is 9.78 Å². The van der Waals surface area contributed by atoms with Gasteiger partial charge in [0.2, 0.25) is 0 Å². The van der Waals surface area contributed by atoms with Crippen LogP contribution in [0.4, 0.5) is 13.2 Å². The number of rotatable bonds is 1. The number of alkyl halides is 3. The molecule has 1 rings (SSSR count). The number of aromatic nitrogens is 2. The van der Waals surface area contributed by atoms with Crippen LogP contribution in [0.1, 0.15) is 5.56 Å². The molecular formula is C5H6F3N3. The lowest BCUT2D eigenvalue weighted by atomic mass is 10.4. The molecule has 1 aromatic heterocycles. The van der Waals surface area contributed by atoms with Crippen LogP contribution in [0.2, 0.25) is 0 Å². The molecule has 0 unspecified atom stereocenters. The highest BCUT2D eigenvalue weighted by Gasteiger charge is 2.31. The standard InChI is InChI=1S/C5H6F3N3/c6-5(7,8)4-1-10-11(2-4)3-9/h1-2H,3,9H2. The maximum Gasteiger partial charge on any atom is 0.419 e. The molecule has 0 amide bonds. The molecule has 2 N–H and O–H groups in total. The van der Waals surface area contributed by atoms with Crippen LogP contribution in [0.25, 0.3) is 0 Å². The Labute approximate surface area is 60.6 Å². The van der Waals surface area contributed by atoms with Gasteiger partial charge < -0.3 is 5.73 Å². The van der Waals surface area contributed by atoms with Crippen molar-refractivity contribution in [2.24, 2.45) is 5.73 Å². The SMILES string of the molecule is NCn1cc(C(F)(F)F)cn1. The number of nitrogens with zero attached hydrogens (tertiary/aromatic N) is 2. The van der Waals surface area contributed by atoms with Crippen LogP contribution >= 0.6 is 0 Å². The molecule has 0 saturated carbocycles. The van der Waals surface area contributed by atoms with E-state index in [-0.39, 0.29) is 6.67 Å². The van der Waals surface area contributed by atoms with Crippen molar-refractivity contribution in [2.45, 2.75) is 12.8 Å². The van der Waals surface area contributed by atoms with Crippen molar-refractivity contribution in [3.63, 3.8) is 0 Å². The summed E-state index contributed by atoms with van der Waals surface area (Å²) < 4.78 is 36.5. The van der Waals surface area contributed by atoms with Crippen molar-refractivity contribution >= 4 is 0 Å². The van der Waals surface area contributed by atoms with Crippen molar-refractivity contribution in [1.82, 2.24) is 9.78 Å². The van der Waals surface area contributed by atoms with E-state index in [2.05, 4.69) is 5.10 Å². The Morgan fingerprint density at radius 3 is 2.45 bits per heavy atom. The van der Waals surface area contributed by atoms with E-state index in [1.807, 2.05) is 0 Å². The fourth-order valence-electron chi connectivity index (χ4n) is 0.610. The van der Waals surface area contributed by atoms with Gasteiger partial charge >= 0.3 is 6.18 Å². The molecule has 0 aliphatic rings. The topological polar surface area (TPSA) is 43.8 Å². The van der Waals surface area contributed by atoms with Gasteiger partial charge in [-0.1, -0.05) is 0 Å². The molecule has 1 heterocycles. The normalized spacial score (nSPS) is 12.0. The van der Waals surface area contributed by atoms with Crippen LogP contribution in [0, 0.1) is 0 Å². The zero-order valence-corrected chi connectivity index (χ0v) is 5.47. The van der Waals surface area contributed by atoms with Gasteiger partial charge in [-0.2, -0.15) is 18.3 Å². The van der Waals surface area contributed by atoms with Crippen molar-refractivity contribution in [3.8, 4) is 0 Å². The number of nitrogens with two attached hydrogens (primary N) is 1. The van der Waals surface area contributed by atoms with Crippen LogP contribution in [0.15, 0.2) is 12.4 Å². The van der Waals surface area contributed by atoms with E-state index >= 15 is 0 Å². The molecule has 0 aromatic carbocycles. The highest BCUT2D eigenvalue weighted by atomic mass is 19.4. The largest absolute Gasteiger partial charge is 0.419 e. The zero-order valence-electron chi connectivity index (χ0n) is 5.47. The Bertz CT molecular complexity index is 239. The van der Waals surface area contributed by atoms with Gasteiger partial charge in [-0.05, 0) is 0 Å². The van der Waals surface area contributed by atoms with E-state index in [0.29, 0.717) is 0 Å². The number of hydrogen-bond acceptors (Lipinski definition) is 2. The third kappa shape index (κ3) is 1.70. The number of halogens is 3. The first-order chi connectivity index (χ1) is 5.04. The molecular weight excluding hydrogens is 159 g/mol. The van der Waals surface area contributed by atoms with E-state index in [1.165, 1.54) is 0 Å². The van der Waals surface area contributed by atoms with Gasteiger partial charge in [-0.15, -0.1) is 0 Å². The van der Waals surface area contributed by atoms with Crippen LogP contribution in [0.5, 0.6) is 0 Å². The summed E-state index contributed by atoms with van der Waals surface area (Å²) in [5.41, 5.74) is 4.26. The third-order valence-electron chi connectivity index (χ3n) is 1.15. The second-order valence-electron chi connectivity index (χ2n) is 1.95. The maximum absolute atomic E-state index is 11.8. The fraction of sp³-hybridized carbons (Fsp3) is 0.400. The second-order valence-corrected chi connectivity index (χ2v) is 1.95. The Kier molecular flexibility index (Phi) is 1.86. The quantitative estimate of drug-likeness (QED) is 0.669. The molecule has 0 bridgehead atoms. The molecule has 0 radical (unpaired) electrons. The summed E-state index contributed by atoms with van der Waals surface area (Å²) >= 11 is 0. The summed E-state index contributed by atoms with van der Waals surface area (Å²) in [6, 6.07) is 0. The highest BCUT2D eigenvalue weighted by molar-refractivity contribution is 5.07. The molecule has 62 valence electrons. The molecule has 0 saturated heterocycles. The predicted octanol–water partition coefficient (Wildman–Crippen LogP) is 0.818. The lowest BCUT2D eigenvalue weighted by molar-refractivity contribution is -0.137. The van der Waals surface area contributed by atoms with Gasteiger partial charge in [0.25, 0.3) is 0 Å². The molecule has 0 aliphatic heterocycles. The van der Waals surface area contributed by atoms with E-state index < -0.39 is 11.7 Å². The van der Waals surface area contributed by atoms with E-state index in [9.17, 15) is 13.2 Å². The summed E-state index contributed by atoms with van der Waals surface area (Å²) in [5, 5.41) is 3.37. The molecule has 0 fully saturated rings. The predicted molar refractivity (Wildman–Crippen MR) is 31.4 cm³/mol. The lowest BCUT2D eigenvalue weighted by Gasteiger charge is -1.99. The van der Waals surface area contributed by atoms with E-state index in [1.54, 1.807) is 0 Å². The van der Waals surface area contributed by atoms with Gasteiger partial charge in [-0.25, -0.2) is 0 Å². The first-order valence-corrected chi connectivity index (χ1v) is 2.84. The average Bonchev–Trinajstić information content (AvgIpc) is 2.32. The van der Waals surface area contributed by atoms with Crippen molar-refractivity contribution in [3.05, 3.63) is 18.0 Å². The second kappa shape index (κ2) is 2.54. The minimum Gasteiger partial charge on any atom is -0.312 e. The van der Waals surface area contributed by atoms with Crippen LogP contribution < -0.4 is 5.73 Å². The molecule has 3 nitrogen and oxygen atoms in total.